The third-order valence-corrected chi connectivity index (χ3v) is 16.5. The summed E-state index contributed by atoms with van der Waals surface area (Å²) < 4.78 is 193. The van der Waals surface area contributed by atoms with Crippen LogP contribution in [0.4, 0.5) is 57.1 Å². The number of fused-ring (bicyclic) bond motifs is 4. The average molecular weight is 1440 g/mol. The van der Waals surface area contributed by atoms with Crippen LogP contribution in [0.1, 0.15) is 120 Å². The molecular formula is C68H60F13N19O3. The van der Waals surface area contributed by atoms with Gasteiger partial charge in [-0.1, -0.05) is 43.8 Å². The highest BCUT2D eigenvalue weighted by molar-refractivity contribution is 5.69. The van der Waals surface area contributed by atoms with Crippen LogP contribution in [0.5, 0.6) is 11.6 Å². The molecule has 3 aromatic carbocycles. The highest BCUT2D eigenvalue weighted by Gasteiger charge is 2.47. The molecule has 22 nitrogen and oxygen atoms in total. The fraction of sp³-hybridized carbons (Fsp3) is 0.338. The normalized spacial score (nSPS) is 14.1. The molecule has 14 rings (SSSR count). The number of hydrogen-bond acceptors (Lipinski definition) is 18. The fourth-order valence-electron chi connectivity index (χ4n) is 10.5. The molecule has 0 saturated heterocycles. The monoisotopic (exact) mass is 1440 g/mol. The minimum Gasteiger partial charge on any atom is -0.496 e. The van der Waals surface area contributed by atoms with Crippen molar-refractivity contribution >= 4 is 22.6 Å². The molecule has 2 saturated carbocycles. The lowest BCUT2D eigenvalue weighted by atomic mass is 9.93. The van der Waals surface area contributed by atoms with E-state index in [4.69, 9.17) is 9.47 Å². The van der Waals surface area contributed by atoms with Crippen LogP contribution in [-0.2, 0) is 44.9 Å². The van der Waals surface area contributed by atoms with Gasteiger partial charge in [0.15, 0.2) is 35.0 Å². The van der Waals surface area contributed by atoms with E-state index in [9.17, 15) is 67.6 Å². The van der Waals surface area contributed by atoms with E-state index in [2.05, 4.69) is 83.0 Å². The molecule has 0 unspecified atom stereocenters. The zero-order chi connectivity index (χ0) is 73.9. The third kappa shape index (κ3) is 15.6. The highest BCUT2D eigenvalue weighted by atomic mass is 19.4. The number of alkyl halides is 11. The Balaban J connectivity index is 0.000000147. The molecule has 0 spiro atoms. The summed E-state index contributed by atoms with van der Waals surface area (Å²) >= 11 is 0. The second-order valence-electron chi connectivity index (χ2n) is 24.8. The Morgan fingerprint density at radius 2 is 0.893 bits per heavy atom. The van der Waals surface area contributed by atoms with Crippen molar-refractivity contribution in [2.75, 3.05) is 20.8 Å². The Labute approximate surface area is 576 Å². The standard InChI is InChI=1S/C18H15F2N5.C18H20F2N4O2.C17H12F3N5.C14H9F6N5O.CH4/c1-11-9-12(18(10-21)7-8-18)3-4-13(11)14-5-6-15-22-23-16(17(2,19)20)25(15)24-14;1-17(2,26-5)11-6-7-12(14(10-11)25-4)13-8-9-15-21-22-16(18(3,19)20)24(15)23-13;1-16(19,20)15-23-22-14-5-4-13(24-25(14)15)10-2-3-11(12(18)8-10)17(9-21)6-7-17;1-13(16,17)12-23-22-10-3-2-9(24-25(10)12)7-4-8(15)11(21-5-7)26-6-14(18,19)20;/h3-6,9H,7-8H2,1-2H3;6-10H,1-5H3;2-5,8H,6-7H2,1H3;2-5H,6H2,1H3;1H4. The van der Waals surface area contributed by atoms with Gasteiger partial charge in [0.05, 0.1) is 58.5 Å². The highest BCUT2D eigenvalue weighted by Crippen LogP contribution is 2.50. The van der Waals surface area contributed by atoms with E-state index in [0.717, 1.165) is 79.3 Å². The van der Waals surface area contributed by atoms with Crippen LogP contribution in [0, 0.1) is 41.2 Å². The van der Waals surface area contributed by atoms with Gasteiger partial charge in [0.2, 0.25) is 23.3 Å². The molecule has 0 atom stereocenters. The molecule has 2 aliphatic carbocycles. The number of nitriles is 2. The van der Waals surface area contributed by atoms with Crippen LogP contribution in [0.2, 0.25) is 0 Å². The molecular weight excluding hydrogens is 1380 g/mol. The zero-order valence-electron chi connectivity index (χ0n) is 55.1. The number of halogens is 13. The van der Waals surface area contributed by atoms with Gasteiger partial charge in [-0.3, -0.25) is 0 Å². The summed E-state index contributed by atoms with van der Waals surface area (Å²) in [6.45, 7) is 6.98. The summed E-state index contributed by atoms with van der Waals surface area (Å²) in [6, 6.07) is 33.6. The molecule has 0 aliphatic heterocycles. The molecule has 0 amide bonds. The Kier molecular flexibility index (Phi) is 19.9. The van der Waals surface area contributed by atoms with E-state index in [1.54, 1.807) is 56.7 Å². The molecule has 9 aromatic heterocycles. The first-order valence-electron chi connectivity index (χ1n) is 30.7. The lowest BCUT2D eigenvalue weighted by molar-refractivity contribution is -0.154. The Bertz CT molecular complexity index is 5240. The van der Waals surface area contributed by atoms with Gasteiger partial charge in [-0.15, -0.1) is 40.8 Å². The van der Waals surface area contributed by atoms with Crippen molar-refractivity contribution in [2.45, 2.75) is 128 Å². The van der Waals surface area contributed by atoms with E-state index < -0.39 is 88.3 Å². The quantitative estimate of drug-likeness (QED) is 0.0864. The van der Waals surface area contributed by atoms with Gasteiger partial charge in [0.1, 0.15) is 11.6 Å². The molecule has 9 heterocycles. The first kappa shape index (κ1) is 74.3. The number of pyridine rings is 1. The second-order valence-corrected chi connectivity index (χ2v) is 24.8. The van der Waals surface area contributed by atoms with Gasteiger partial charge in [0, 0.05) is 68.8 Å². The van der Waals surface area contributed by atoms with E-state index in [1.165, 1.54) is 24.3 Å². The van der Waals surface area contributed by atoms with Crippen molar-refractivity contribution in [1.82, 2.24) is 84.2 Å². The first-order valence-corrected chi connectivity index (χ1v) is 30.7. The van der Waals surface area contributed by atoms with Crippen LogP contribution >= 0.6 is 0 Å². The Morgan fingerprint density at radius 3 is 1.28 bits per heavy atom. The second kappa shape index (κ2) is 27.5. The van der Waals surface area contributed by atoms with Gasteiger partial charge < -0.3 is 14.2 Å². The predicted molar refractivity (Wildman–Crippen MR) is 344 cm³/mol. The van der Waals surface area contributed by atoms with E-state index in [1.807, 2.05) is 57.2 Å². The Morgan fingerprint density at radius 1 is 0.476 bits per heavy atom. The zero-order valence-corrected chi connectivity index (χ0v) is 55.1. The van der Waals surface area contributed by atoms with E-state index in [0.29, 0.717) is 66.2 Å². The molecule has 12 aromatic rings. The first-order chi connectivity index (χ1) is 47.9. The maximum Gasteiger partial charge on any atom is 0.422 e. The number of nitrogens with zero attached hydrogens (tertiary/aromatic N) is 19. The number of aromatic nitrogens is 17. The largest absolute Gasteiger partial charge is 0.496 e. The molecule has 2 fully saturated rings. The van der Waals surface area contributed by atoms with Crippen LogP contribution in [-0.4, -0.2) is 111 Å². The van der Waals surface area contributed by atoms with Crippen molar-refractivity contribution in [3.63, 3.8) is 0 Å². The lowest BCUT2D eigenvalue weighted by Crippen LogP contribution is -2.20. The van der Waals surface area contributed by atoms with Gasteiger partial charge in [-0.2, -0.15) is 97.3 Å². The molecule has 103 heavy (non-hydrogen) atoms. The fourth-order valence-corrected chi connectivity index (χ4v) is 10.5. The minimum atomic E-state index is -4.64. The topological polar surface area (TPSA) is 260 Å². The van der Waals surface area contributed by atoms with Gasteiger partial charge in [0.25, 0.3) is 5.88 Å². The summed E-state index contributed by atoms with van der Waals surface area (Å²) in [6.07, 6.45) is -0.601. The molecule has 35 heteroatoms. The molecule has 536 valence electrons. The molecule has 0 N–H and O–H groups in total. The number of rotatable bonds is 15. The van der Waals surface area contributed by atoms with Crippen molar-refractivity contribution in [3.8, 4) is 68.8 Å². The minimum absolute atomic E-state index is 0. The van der Waals surface area contributed by atoms with Crippen molar-refractivity contribution in [2.24, 2.45) is 0 Å². The summed E-state index contributed by atoms with van der Waals surface area (Å²) in [5.41, 5.74) is 5.77. The maximum absolute atomic E-state index is 14.5. The SMILES string of the molecule is C.CC(F)(F)c1nnc2ccc(-c3ccc(C4(C#N)CC4)c(F)c3)nn12.CC(F)(F)c1nnc2ccc(-c3cnc(OCC(F)(F)F)c(F)c3)nn12.COc1cc(C(C)(C)OC)ccc1-c1ccc2nnc(C(C)(F)F)n2n1.Cc1cc(C2(C#N)CC2)ccc1-c1ccc2nnc(C(C)(F)F)n2n1. The van der Waals surface area contributed by atoms with Crippen LogP contribution in [0.25, 0.3) is 67.6 Å². The van der Waals surface area contributed by atoms with Crippen molar-refractivity contribution < 1.29 is 71.3 Å². The van der Waals surface area contributed by atoms with Crippen LogP contribution in [0.3, 0.4) is 0 Å². The van der Waals surface area contributed by atoms with Gasteiger partial charge >= 0.3 is 29.9 Å². The number of hydrogen-bond donors (Lipinski definition) is 0. The number of aryl methyl sites for hydroxylation is 1. The summed E-state index contributed by atoms with van der Waals surface area (Å²) in [4.78, 5) is 3.47. The Hall–Kier alpha value is -11.4. The number of methoxy groups -OCH3 is 2. The van der Waals surface area contributed by atoms with Crippen LogP contribution < -0.4 is 9.47 Å². The number of ether oxygens (including phenoxy) is 3. The van der Waals surface area contributed by atoms with Crippen LogP contribution in [0.15, 0.2) is 115 Å². The van der Waals surface area contributed by atoms with Crippen molar-refractivity contribution in [1.29, 1.82) is 10.5 Å². The summed E-state index contributed by atoms with van der Waals surface area (Å²) in [5, 5.41) is 63.8. The average Bonchev–Trinajstić information content (AvgIpc) is 1.64. The molecule has 2 aliphatic rings. The smallest absolute Gasteiger partial charge is 0.422 e. The molecule has 0 bridgehead atoms. The third-order valence-electron chi connectivity index (χ3n) is 16.5. The maximum atomic E-state index is 14.5. The van der Waals surface area contributed by atoms with Gasteiger partial charge in [-0.25, -0.2) is 13.8 Å². The van der Waals surface area contributed by atoms with Gasteiger partial charge in [-0.05, 0) is 136 Å². The molecule has 0 radical (unpaired) electrons. The summed E-state index contributed by atoms with van der Waals surface area (Å²) in [5.74, 6) is -17.0. The van der Waals surface area contributed by atoms with E-state index in [-0.39, 0.29) is 46.7 Å². The number of benzene rings is 3. The summed E-state index contributed by atoms with van der Waals surface area (Å²) in [7, 11) is 3.18. The van der Waals surface area contributed by atoms with E-state index >= 15 is 0 Å². The van der Waals surface area contributed by atoms with Crippen molar-refractivity contribution in [3.05, 3.63) is 173 Å². The lowest BCUT2D eigenvalue weighted by Gasteiger charge is -2.24. The predicted octanol–water partition coefficient (Wildman–Crippen LogP) is 15.2.